The van der Waals surface area contributed by atoms with Gasteiger partial charge in [0, 0.05) is 10.6 Å². The molecule has 1 aromatic heterocycles. The van der Waals surface area contributed by atoms with Crippen molar-refractivity contribution in [3.8, 4) is 0 Å². The molecule has 0 aliphatic carbocycles. The van der Waals surface area contributed by atoms with E-state index in [9.17, 15) is 14.7 Å². The lowest BCUT2D eigenvalue weighted by Gasteiger charge is -2.20. The van der Waals surface area contributed by atoms with Gasteiger partial charge < -0.3 is 14.8 Å². The molecule has 2 aromatic rings. The molecule has 0 spiro atoms. The van der Waals surface area contributed by atoms with Gasteiger partial charge >= 0.3 is 0 Å². The number of nitrogens with one attached hydrogen (secondary N) is 1. The van der Waals surface area contributed by atoms with Gasteiger partial charge in [-0.05, 0) is 36.4 Å². The van der Waals surface area contributed by atoms with Crippen LogP contribution in [0.25, 0.3) is 6.08 Å². The molecule has 2 heterocycles. The number of ketones is 1. The molecule has 0 bridgehead atoms. The van der Waals surface area contributed by atoms with Crippen molar-refractivity contribution in [1.29, 1.82) is 0 Å². The highest BCUT2D eigenvalue weighted by Gasteiger charge is 2.48. The lowest BCUT2D eigenvalue weighted by atomic mass is 9.89. The molecule has 23 heavy (non-hydrogen) atoms. The van der Waals surface area contributed by atoms with Crippen LogP contribution in [0.3, 0.4) is 0 Å². The number of hydrogen-bond donors (Lipinski definition) is 2. The summed E-state index contributed by atoms with van der Waals surface area (Å²) >= 11 is 12.0. The van der Waals surface area contributed by atoms with Crippen molar-refractivity contribution in [2.75, 3.05) is 5.32 Å². The molecule has 5 nitrogen and oxygen atoms in total. The minimum atomic E-state index is -2.03. The molecule has 1 aliphatic heterocycles. The first-order valence-electron chi connectivity index (χ1n) is 6.68. The highest BCUT2D eigenvalue weighted by Crippen LogP contribution is 2.44. The molecule has 1 atom stereocenters. The molecule has 1 aromatic carbocycles. The number of aliphatic hydroxyl groups is 1. The fourth-order valence-corrected chi connectivity index (χ4v) is 3.12. The minimum Gasteiger partial charge on any atom is -0.465 e. The molecule has 118 valence electrons. The van der Waals surface area contributed by atoms with Gasteiger partial charge in [-0.15, -0.1) is 0 Å². The predicted octanol–water partition coefficient (Wildman–Crippen LogP) is 3.40. The maximum atomic E-state index is 12.1. The minimum absolute atomic E-state index is 0.121. The molecule has 7 heteroatoms. The second-order valence-electron chi connectivity index (χ2n) is 5.12. The molecule has 0 fully saturated rings. The van der Waals surface area contributed by atoms with Gasteiger partial charge in [-0.3, -0.25) is 9.59 Å². The van der Waals surface area contributed by atoms with E-state index >= 15 is 0 Å². The van der Waals surface area contributed by atoms with Crippen LogP contribution in [0.4, 0.5) is 5.69 Å². The number of benzene rings is 1. The zero-order valence-electron chi connectivity index (χ0n) is 11.7. The molecule has 1 aliphatic rings. The first kappa shape index (κ1) is 15.8. The van der Waals surface area contributed by atoms with Crippen LogP contribution >= 0.6 is 23.2 Å². The number of anilines is 1. The van der Waals surface area contributed by atoms with Gasteiger partial charge in [-0.2, -0.15) is 0 Å². The number of allylic oxidation sites excluding steroid dienone is 1. The number of halogens is 2. The Balaban J connectivity index is 1.88. The number of carbonyl (C=O) groups excluding carboxylic acids is 2. The third-order valence-electron chi connectivity index (χ3n) is 3.50. The molecule has 3 rings (SSSR count). The van der Waals surface area contributed by atoms with E-state index in [1.54, 1.807) is 12.1 Å². The van der Waals surface area contributed by atoms with Crippen molar-refractivity contribution in [3.05, 3.63) is 58.0 Å². The predicted molar refractivity (Wildman–Crippen MR) is 86.4 cm³/mol. The van der Waals surface area contributed by atoms with E-state index in [-0.39, 0.29) is 10.6 Å². The molecule has 1 amide bonds. The van der Waals surface area contributed by atoms with E-state index in [0.29, 0.717) is 16.5 Å². The lowest BCUT2D eigenvalue weighted by molar-refractivity contribution is -0.138. The normalized spacial score (nSPS) is 19.9. The van der Waals surface area contributed by atoms with Gasteiger partial charge in [0.15, 0.2) is 11.4 Å². The summed E-state index contributed by atoms with van der Waals surface area (Å²) < 4.78 is 5.07. The SMILES string of the molecule is O=C(C=Cc1ccco1)CC1(O)C(=O)Nc2cc(Cl)cc(Cl)c21. The Morgan fingerprint density at radius 1 is 1.39 bits per heavy atom. The Morgan fingerprint density at radius 2 is 2.17 bits per heavy atom. The van der Waals surface area contributed by atoms with Gasteiger partial charge in [-0.25, -0.2) is 0 Å². The summed E-state index contributed by atoms with van der Waals surface area (Å²) in [6.45, 7) is 0. The fraction of sp³-hybridized carbons (Fsp3) is 0.125. The Labute approximate surface area is 141 Å². The molecular formula is C16H11Cl2NO4. The third kappa shape index (κ3) is 2.91. The molecule has 2 N–H and O–H groups in total. The maximum Gasteiger partial charge on any atom is 0.261 e. The monoisotopic (exact) mass is 351 g/mol. The highest BCUT2D eigenvalue weighted by atomic mass is 35.5. The summed E-state index contributed by atoms with van der Waals surface area (Å²) in [6.07, 6.45) is 3.74. The van der Waals surface area contributed by atoms with Crippen LogP contribution in [0, 0.1) is 0 Å². The van der Waals surface area contributed by atoms with E-state index < -0.39 is 23.7 Å². The summed E-state index contributed by atoms with van der Waals surface area (Å²) in [7, 11) is 0. The Kier molecular flexibility index (Phi) is 4.02. The van der Waals surface area contributed by atoms with Gasteiger partial charge in [0.1, 0.15) is 5.76 Å². The van der Waals surface area contributed by atoms with E-state index in [4.69, 9.17) is 27.6 Å². The van der Waals surface area contributed by atoms with Crippen LogP contribution in [0.1, 0.15) is 17.7 Å². The Bertz CT molecular complexity index is 814. The van der Waals surface area contributed by atoms with Crippen LogP contribution < -0.4 is 5.32 Å². The molecular weight excluding hydrogens is 341 g/mol. The standard InChI is InChI=1S/C16H11Cl2NO4/c17-9-6-12(18)14-13(7-9)19-15(21)16(14,22)8-10(20)3-4-11-2-1-5-23-11/h1-7,22H,8H2,(H,19,21). The van der Waals surface area contributed by atoms with Crippen LogP contribution in [-0.4, -0.2) is 16.8 Å². The molecule has 0 radical (unpaired) electrons. The molecule has 0 saturated heterocycles. The second kappa shape index (κ2) is 5.85. The summed E-state index contributed by atoms with van der Waals surface area (Å²) in [5.41, 5.74) is -1.56. The van der Waals surface area contributed by atoms with Crippen LogP contribution in [0.2, 0.25) is 10.0 Å². The van der Waals surface area contributed by atoms with Gasteiger partial charge in [-0.1, -0.05) is 23.2 Å². The Hall–Kier alpha value is -2.08. The van der Waals surface area contributed by atoms with Crippen molar-refractivity contribution in [3.63, 3.8) is 0 Å². The average Bonchev–Trinajstić information content (AvgIpc) is 3.04. The van der Waals surface area contributed by atoms with Crippen molar-refractivity contribution < 1.29 is 19.1 Å². The van der Waals surface area contributed by atoms with E-state index in [0.717, 1.165) is 0 Å². The van der Waals surface area contributed by atoms with Gasteiger partial charge in [0.25, 0.3) is 5.91 Å². The zero-order chi connectivity index (χ0) is 16.6. The van der Waals surface area contributed by atoms with Gasteiger partial charge in [0.05, 0.1) is 23.4 Å². The summed E-state index contributed by atoms with van der Waals surface area (Å²) in [5, 5.41) is 13.6. The number of amides is 1. The van der Waals surface area contributed by atoms with E-state index in [1.807, 2.05) is 0 Å². The average molecular weight is 352 g/mol. The number of furan rings is 1. The number of hydrogen-bond acceptors (Lipinski definition) is 4. The van der Waals surface area contributed by atoms with Crippen molar-refractivity contribution >= 4 is 46.7 Å². The summed E-state index contributed by atoms with van der Waals surface area (Å²) in [5.74, 6) is -0.666. The quantitative estimate of drug-likeness (QED) is 0.827. The van der Waals surface area contributed by atoms with E-state index in [1.165, 1.54) is 30.5 Å². The smallest absolute Gasteiger partial charge is 0.261 e. The summed E-state index contributed by atoms with van der Waals surface area (Å²) in [6, 6.07) is 6.25. The largest absolute Gasteiger partial charge is 0.465 e. The van der Waals surface area contributed by atoms with Gasteiger partial charge in [0.2, 0.25) is 0 Å². The first-order chi connectivity index (χ1) is 10.9. The van der Waals surface area contributed by atoms with E-state index in [2.05, 4.69) is 5.32 Å². The van der Waals surface area contributed by atoms with Crippen molar-refractivity contribution in [2.24, 2.45) is 0 Å². The van der Waals surface area contributed by atoms with Crippen LogP contribution in [0.5, 0.6) is 0 Å². The highest BCUT2D eigenvalue weighted by molar-refractivity contribution is 6.36. The Morgan fingerprint density at radius 3 is 2.87 bits per heavy atom. The lowest BCUT2D eigenvalue weighted by Crippen LogP contribution is -2.36. The maximum absolute atomic E-state index is 12.1. The molecule has 1 unspecified atom stereocenters. The van der Waals surface area contributed by atoms with Crippen molar-refractivity contribution in [1.82, 2.24) is 0 Å². The topological polar surface area (TPSA) is 79.5 Å². The van der Waals surface area contributed by atoms with Crippen LogP contribution in [-0.2, 0) is 15.2 Å². The number of rotatable bonds is 4. The third-order valence-corrected chi connectivity index (χ3v) is 4.02. The number of carbonyl (C=O) groups is 2. The van der Waals surface area contributed by atoms with Crippen molar-refractivity contribution in [2.45, 2.75) is 12.0 Å². The second-order valence-corrected chi connectivity index (χ2v) is 5.96. The zero-order valence-corrected chi connectivity index (χ0v) is 13.2. The fourth-order valence-electron chi connectivity index (χ4n) is 2.47. The summed E-state index contributed by atoms with van der Waals surface area (Å²) in [4.78, 5) is 24.2. The molecule has 0 saturated carbocycles. The van der Waals surface area contributed by atoms with Crippen LogP contribution in [0.15, 0.2) is 41.0 Å². The number of fused-ring (bicyclic) bond motifs is 1. The first-order valence-corrected chi connectivity index (χ1v) is 7.43.